The molecular formula is C29H33ClFN3O5. The number of halogens is 2. The lowest BCUT2D eigenvalue weighted by Crippen LogP contribution is -2.42. The van der Waals surface area contributed by atoms with Crippen LogP contribution in [0.3, 0.4) is 0 Å². The number of aryl methyl sites for hydroxylation is 1. The number of aliphatic carboxylic acids is 1. The molecule has 2 N–H and O–H groups in total. The van der Waals surface area contributed by atoms with Crippen LogP contribution >= 0.6 is 11.6 Å². The van der Waals surface area contributed by atoms with E-state index in [1.54, 1.807) is 13.2 Å². The zero-order chi connectivity index (χ0) is 28.3. The van der Waals surface area contributed by atoms with Crippen molar-refractivity contribution in [3.05, 3.63) is 64.6 Å². The van der Waals surface area contributed by atoms with Gasteiger partial charge in [0.1, 0.15) is 12.0 Å². The number of carbonyl (C=O) groups excluding carboxylic acids is 2. The van der Waals surface area contributed by atoms with E-state index in [1.807, 2.05) is 42.8 Å². The molecule has 1 fully saturated rings. The second kappa shape index (κ2) is 12.2. The molecule has 2 amide bonds. The average molecular weight is 558 g/mol. The molecule has 2 aromatic carbocycles. The van der Waals surface area contributed by atoms with Crippen molar-refractivity contribution in [2.75, 3.05) is 12.4 Å². The molecule has 1 aliphatic carbocycles. The number of likely N-dealkylation sites (N-methyl/N-ethyl adjacent to an activating group) is 1. The lowest BCUT2D eigenvalue weighted by molar-refractivity contribution is -0.154. The first-order chi connectivity index (χ1) is 18.6. The summed E-state index contributed by atoms with van der Waals surface area (Å²) in [6.07, 6.45) is 3.68. The zero-order valence-corrected chi connectivity index (χ0v) is 23.0. The van der Waals surface area contributed by atoms with Crippen LogP contribution in [0.1, 0.15) is 54.9 Å². The minimum absolute atomic E-state index is 0.108. The van der Waals surface area contributed by atoms with Crippen molar-refractivity contribution >= 4 is 46.0 Å². The Balaban J connectivity index is 1.40. The minimum atomic E-state index is -0.785. The molecule has 1 aliphatic rings. The van der Waals surface area contributed by atoms with Crippen LogP contribution in [0.5, 0.6) is 0 Å². The first kappa shape index (κ1) is 28.6. The van der Waals surface area contributed by atoms with Gasteiger partial charge in [-0.1, -0.05) is 36.7 Å². The number of hydrogen-bond acceptors (Lipinski definition) is 4. The maximum atomic E-state index is 15.1. The molecule has 1 heterocycles. The number of amides is 2. The molecule has 10 heteroatoms. The van der Waals surface area contributed by atoms with E-state index in [1.165, 1.54) is 11.0 Å². The second-order valence-corrected chi connectivity index (χ2v) is 10.4. The topological polar surface area (TPSA) is 101 Å². The third-order valence-electron chi connectivity index (χ3n) is 7.42. The number of nitrogens with zero attached hydrogens (tertiary/aromatic N) is 2. The van der Waals surface area contributed by atoms with Gasteiger partial charge in [-0.2, -0.15) is 0 Å². The van der Waals surface area contributed by atoms with Crippen LogP contribution < -0.4 is 5.32 Å². The molecule has 1 aromatic heterocycles. The fourth-order valence-corrected chi connectivity index (χ4v) is 5.34. The number of hydrogen-bond donors (Lipinski definition) is 2. The molecule has 0 aliphatic heterocycles. The summed E-state index contributed by atoms with van der Waals surface area (Å²) in [6, 6.07) is 9.95. The van der Waals surface area contributed by atoms with Crippen molar-refractivity contribution in [3.8, 4) is 0 Å². The minimum Gasteiger partial charge on any atom is -0.481 e. The third kappa shape index (κ3) is 6.42. The van der Waals surface area contributed by atoms with E-state index in [2.05, 4.69) is 5.32 Å². The highest BCUT2D eigenvalue weighted by molar-refractivity contribution is 6.34. The van der Waals surface area contributed by atoms with E-state index in [9.17, 15) is 19.5 Å². The van der Waals surface area contributed by atoms with Crippen LogP contribution in [-0.2, 0) is 27.8 Å². The summed E-state index contributed by atoms with van der Waals surface area (Å²) in [5, 5.41) is 12.8. The van der Waals surface area contributed by atoms with Crippen molar-refractivity contribution in [1.82, 2.24) is 9.47 Å². The summed E-state index contributed by atoms with van der Waals surface area (Å²) in [6.45, 7) is 1.89. The molecule has 1 saturated carbocycles. The molecule has 1 atom stereocenters. The number of aromatic nitrogens is 1. The molecule has 4 rings (SSSR count). The number of carbonyl (C=O) groups is 3. The summed E-state index contributed by atoms with van der Waals surface area (Å²) < 4.78 is 23.0. The Morgan fingerprint density at radius 3 is 2.56 bits per heavy atom. The van der Waals surface area contributed by atoms with Crippen molar-refractivity contribution in [2.45, 2.75) is 57.8 Å². The fourth-order valence-electron chi connectivity index (χ4n) is 5.11. The van der Waals surface area contributed by atoms with Gasteiger partial charge in [-0.25, -0.2) is 4.39 Å². The lowest BCUT2D eigenvalue weighted by Gasteiger charge is -2.34. The molecule has 0 bridgehead atoms. The van der Waals surface area contributed by atoms with Crippen LogP contribution in [0.15, 0.2) is 42.6 Å². The van der Waals surface area contributed by atoms with Crippen molar-refractivity contribution < 1.29 is 28.6 Å². The predicted molar refractivity (Wildman–Crippen MR) is 147 cm³/mol. The number of anilines is 1. The number of rotatable bonds is 9. The van der Waals surface area contributed by atoms with Crippen molar-refractivity contribution in [1.29, 1.82) is 0 Å². The Morgan fingerprint density at radius 1 is 1.21 bits per heavy atom. The van der Waals surface area contributed by atoms with E-state index in [4.69, 9.17) is 16.3 Å². The summed E-state index contributed by atoms with van der Waals surface area (Å²) in [5.41, 5.74) is 1.55. The van der Waals surface area contributed by atoms with Crippen molar-refractivity contribution in [3.63, 3.8) is 0 Å². The summed E-state index contributed by atoms with van der Waals surface area (Å²) in [5.74, 6) is -2.56. The van der Waals surface area contributed by atoms with Gasteiger partial charge in [-0.3, -0.25) is 14.4 Å². The van der Waals surface area contributed by atoms with Crippen LogP contribution in [0.25, 0.3) is 10.9 Å². The van der Waals surface area contributed by atoms with Gasteiger partial charge in [0.25, 0.3) is 5.91 Å². The Hall–Kier alpha value is -3.43. The number of benzene rings is 2. The standard InChI is InChI=1S/C29H33ClFN3O5/c1-4-27(39-19-11-9-17(10-12-19)29(37)38)34(3)26(35)14-18-13-22(30)24(15-23(18)31)32-28(36)21-16-33(2)25-8-6-5-7-20(21)25/h5-8,13,15-17,19,27H,4,9-12,14H2,1-3H3,(H,32,36)(H,37,38). The Kier molecular flexibility index (Phi) is 8.92. The second-order valence-electron chi connectivity index (χ2n) is 10.0. The van der Waals surface area contributed by atoms with Crippen LogP contribution in [0, 0.1) is 11.7 Å². The van der Waals surface area contributed by atoms with E-state index in [0.29, 0.717) is 37.7 Å². The molecule has 3 aromatic rings. The highest BCUT2D eigenvalue weighted by Gasteiger charge is 2.30. The average Bonchev–Trinajstić information content (AvgIpc) is 3.26. The Labute approximate surface area is 231 Å². The molecule has 8 nitrogen and oxygen atoms in total. The number of para-hydroxylation sites is 1. The third-order valence-corrected chi connectivity index (χ3v) is 7.73. The SMILES string of the molecule is CCC(OC1CCC(C(=O)O)CC1)N(C)C(=O)Cc1cc(Cl)c(NC(=O)c2cn(C)c3ccccc23)cc1F. The molecule has 0 spiro atoms. The summed E-state index contributed by atoms with van der Waals surface area (Å²) >= 11 is 6.39. The first-order valence-corrected chi connectivity index (χ1v) is 13.4. The number of nitrogens with one attached hydrogen (secondary N) is 1. The summed E-state index contributed by atoms with van der Waals surface area (Å²) in [7, 11) is 3.45. The largest absolute Gasteiger partial charge is 0.481 e. The van der Waals surface area contributed by atoms with Crippen LogP contribution in [0.2, 0.25) is 5.02 Å². The normalized spacial score (nSPS) is 18.1. The smallest absolute Gasteiger partial charge is 0.306 e. The Morgan fingerprint density at radius 2 is 1.90 bits per heavy atom. The highest BCUT2D eigenvalue weighted by atomic mass is 35.5. The van der Waals surface area contributed by atoms with E-state index < -0.39 is 23.9 Å². The van der Waals surface area contributed by atoms with E-state index >= 15 is 4.39 Å². The van der Waals surface area contributed by atoms with Gasteiger partial charge in [-0.15, -0.1) is 0 Å². The molecule has 1 unspecified atom stereocenters. The molecule has 39 heavy (non-hydrogen) atoms. The molecule has 208 valence electrons. The number of carboxylic acids is 1. The van der Waals surface area contributed by atoms with Gasteiger partial charge in [0.05, 0.1) is 34.7 Å². The van der Waals surface area contributed by atoms with Gasteiger partial charge < -0.3 is 24.6 Å². The number of fused-ring (bicyclic) bond motifs is 1. The monoisotopic (exact) mass is 557 g/mol. The highest BCUT2D eigenvalue weighted by Crippen LogP contribution is 2.30. The first-order valence-electron chi connectivity index (χ1n) is 13.1. The lowest BCUT2D eigenvalue weighted by atomic mass is 9.87. The number of ether oxygens (including phenoxy) is 1. The zero-order valence-electron chi connectivity index (χ0n) is 22.2. The van der Waals surface area contributed by atoms with Gasteiger partial charge >= 0.3 is 5.97 Å². The van der Waals surface area contributed by atoms with Crippen LogP contribution in [-0.4, -0.2) is 51.7 Å². The van der Waals surface area contributed by atoms with Crippen LogP contribution in [0.4, 0.5) is 10.1 Å². The van der Waals surface area contributed by atoms with Gasteiger partial charge in [0.15, 0.2) is 0 Å². The molecular weight excluding hydrogens is 525 g/mol. The van der Waals surface area contributed by atoms with Gasteiger partial charge in [0.2, 0.25) is 5.91 Å². The quantitative estimate of drug-likeness (QED) is 0.333. The Bertz CT molecular complexity index is 1380. The molecule has 0 saturated heterocycles. The van der Waals surface area contributed by atoms with Gasteiger partial charge in [-0.05, 0) is 55.9 Å². The fraction of sp³-hybridized carbons (Fsp3) is 0.414. The number of carboxylic acid groups (broad SMARTS) is 1. The maximum Gasteiger partial charge on any atom is 0.306 e. The van der Waals surface area contributed by atoms with E-state index in [-0.39, 0.29) is 40.6 Å². The summed E-state index contributed by atoms with van der Waals surface area (Å²) in [4.78, 5) is 38.6. The van der Waals surface area contributed by atoms with Gasteiger partial charge in [0, 0.05) is 31.2 Å². The van der Waals surface area contributed by atoms with Crippen molar-refractivity contribution in [2.24, 2.45) is 13.0 Å². The van der Waals surface area contributed by atoms with E-state index in [0.717, 1.165) is 17.0 Å². The molecule has 0 radical (unpaired) electrons. The predicted octanol–water partition coefficient (Wildman–Crippen LogP) is 5.62. The maximum absolute atomic E-state index is 15.1.